The number of aryl methyl sites for hydroxylation is 1. The van der Waals surface area contributed by atoms with E-state index < -0.39 is 0 Å². The van der Waals surface area contributed by atoms with Crippen molar-refractivity contribution in [2.45, 2.75) is 6.92 Å². The van der Waals surface area contributed by atoms with E-state index in [0.29, 0.717) is 9.79 Å². The number of hydrogen-bond acceptors (Lipinski definition) is 5. The van der Waals surface area contributed by atoms with Gasteiger partial charge in [-0.2, -0.15) is 15.8 Å². The predicted octanol–water partition coefficient (Wildman–Crippen LogP) is 0.332. The zero-order valence-electron chi connectivity index (χ0n) is 9.38. The summed E-state index contributed by atoms with van der Waals surface area (Å²) in [7, 11) is 0. The largest absolute Gasteiger partial charge is 0.262 e. The Bertz CT molecular complexity index is 776. The maximum Gasteiger partial charge on any atom is 0.239 e. The van der Waals surface area contributed by atoms with Crippen molar-refractivity contribution in [3.63, 3.8) is 0 Å². The molecule has 92 valence electrons. The summed E-state index contributed by atoms with van der Waals surface area (Å²) in [5.74, 6) is 0.733. The number of fused-ring (bicyclic) bond motifs is 1. The highest BCUT2D eigenvalue weighted by atomic mass is 35.5. The third-order valence-electron chi connectivity index (χ3n) is 2.45. The summed E-state index contributed by atoms with van der Waals surface area (Å²) in [6, 6.07) is 5.49. The van der Waals surface area contributed by atoms with E-state index >= 15 is 0 Å². The first-order valence-corrected chi connectivity index (χ1v) is 5.98. The smallest absolute Gasteiger partial charge is 0.239 e. The summed E-state index contributed by atoms with van der Waals surface area (Å²) in [6.07, 6.45) is 1.85. The number of aromatic nitrogens is 3. The minimum absolute atomic E-state index is 0.420. The van der Waals surface area contributed by atoms with Gasteiger partial charge in [-0.3, -0.25) is 5.10 Å². The van der Waals surface area contributed by atoms with Gasteiger partial charge in [-0.1, -0.05) is 11.6 Å². The first-order chi connectivity index (χ1) is 8.63. The standard InChI is InChI=1S/C10H9ClN6S/c1-6-12-10(18)17(14-6)16-5-7-2-3-8(11)4-9(7)13-15-16/h2-5,15H,1H3,(H,12,14,18). The van der Waals surface area contributed by atoms with E-state index in [2.05, 4.69) is 20.7 Å². The normalized spacial score (nSPS) is 13.3. The van der Waals surface area contributed by atoms with E-state index in [-0.39, 0.29) is 0 Å². The van der Waals surface area contributed by atoms with Gasteiger partial charge >= 0.3 is 0 Å². The highest BCUT2D eigenvalue weighted by Gasteiger charge is 2.08. The number of hydrogen-bond donors (Lipinski definition) is 2. The Kier molecular flexibility index (Phi) is 2.57. The van der Waals surface area contributed by atoms with E-state index in [1.54, 1.807) is 16.0 Å². The molecule has 0 bridgehead atoms. The second-order valence-electron chi connectivity index (χ2n) is 3.79. The lowest BCUT2D eigenvalue weighted by molar-refractivity contribution is 0.518. The Morgan fingerprint density at radius 1 is 1.39 bits per heavy atom. The fourth-order valence-electron chi connectivity index (χ4n) is 1.65. The van der Waals surface area contributed by atoms with Crippen LogP contribution in [0.4, 0.5) is 0 Å². The Balaban J connectivity index is 2.12. The maximum atomic E-state index is 5.91. The predicted molar refractivity (Wildman–Crippen MR) is 70.2 cm³/mol. The number of rotatable bonds is 1. The molecule has 0 saturated heterocycles. The van der Waals surface area contributed by atoms with Crippen molar-refractivity contribution >= 4 is 30.0 Å². The molecule has 0 spiro atoms. The fourth-order valence-corrected chi connectivity index (χ4v) is 2.09. The number of nitrogens with zero attached hydrogens (tertiary/aromatic N) is 4. The molecule has 3 rings (SSSR count). The van der Waals surface area contributed by atoms with Gasteiger partial charge in [0.05, 0.1) is 11.6 Å². The molecule has 2 heterocycles. The fraction of sp³-hybridized carbons (Fsp3) is 0.100. The molecule has 18 heavy (non-hydrogen) atoms. The van der Waals surface area contributed by atoms with Gasteiger partial charge in [0.1, 0.15) is 5.82 Å². The minimum atomic E-state index is 0.420. The molecule has 1 aliphatic heterocycles. The zero-order chi connectivity index (χ0) is 12.7. The maximum absolute atomic E-state index is 5.91. The highest BCUT2D eigenvalue weighted by molar-refractivity contribution is 7.71. The molecule has 0 fully saturated rings. The number of aromatic amines is 1. The molecule has 0 unspecified atom stereocenters. The van der Waals surface area contributed by atoms with Crippen LogP contribution in [0, 0.1) is 11.7 Å². The van der Waals surface area contributed by atoms with Crippen LogP contribution < -0.4 is 21.2 Å². The summed E-state index contributed by atoms with van der Waals surface area (Å²) < 4.78 is 0.420. The summed E-state index contributed by atoms with van der Waals surface area (Å²) in [5.41, 5.74) is 2.84. The van der Waals surface area contributed by atoms with E-state index in [9.17, 15) is 0 Å². The molecule has 0 aliphatic carbocycles. The second-order valence-corrected chi connectivity index (χ2v) is 4.59. The van der Waals surface area contributed by atoms with E-state index in [1.807, 2.05) is 25.3 Å². The SMILES string of the molecule is Cc1nc(=S)n(N2C=c3ccc(Cl)cc3=NN2)[nH]1. The van der Waals surface area contributed by atoms with Crippen molar-refractivity contribution in [3.8, 4) is 0 Å². The molecule has 2 aromatic rings. The Morgan fingerprint density at radius 2 is 2.22 bits per heavy atom. The van der Waals surface area contributed by atoms with Crippen LogP contribution >= 0.6 is 23.8 Å². The minimum Gasteiger partial charge on any atom is -0.262 e. The molecule has 0 radical (unpaired) electrons. The topological polar surface area (TPSA) is 61.2 Å². The molecule has 1 aromatic carbocycles. The van der Waals surface area contributed by atoms with Gasteiger partial charge < -0.3 is 0 Å². The van der Waals surface area contributed by atoms with Crippen molar-refractivity contribution in [2.75, 3.05) is 5.12 Å². The van der Waals surface area contributed by atoms with Crippen LogP contribution in [-0.2, 0) is 0 Å². The lowest BCUT2D eigenvalue weighted by Crippen LogP contribution is -2.48. The van der Waals surface area contributed by atoms with Crippen LogP contribution in [0.1, 0.15) is 5.82 Å². The van der Waals surface area contributed by atoms with Crippen LogP contribution in [0.3, 0.4) is 0 Å². The summed E-state index contributed by atoms with van der Waals surface area (Å²) in [5, 5.41) is 11.2. The van der Waals surface area contributed by atoms with Gasteiger partial charge in [0.25, 0.3) is 0 Å². The average Bonchev–Trinajstić information content (AvgIpc) is 2.68. The molecule has 6 nitrogen and oxygen atoms in total. The first kappa shape index (κ1) is 11.2. The van der Waals surface area contributed by atoms with E-state index in [0.717, 1.165) is 16.4 Å². The Labute approximate surface area is 112 Å². The van der Waals surface area contributed by atoms with Gasteiger partial charge in [-0.15, -0.1) is 4.79 Å². The van der Waals surface area contributed by atoms with Crippen molar-refractivity contribution in [3.05, 3.63) is 44.4 Å². The van der Waals surface area contributed by atoms with E-state index in [4.69, 9.17) is 23.8 Å². The quantitative estimate of drug-likeness (QED) is 0.739. The Hall–Kier alpha value is -1.86. The van der Waals surface area contributed by atoms with Crippen molar-refractivity contribution in [1.29, 1.82) is 0 Å². The average molecular weight is 281 g/mol. The number of nitrogens with one attached hydrogen (secondary N) is 2. The molecule has 1 aromatic heterocycles. The summed E-state index contributed by atoms with van der Waals surface area (Å²) in [6.45, 7) is 1.83. The Morgan fingerprint density at radius 3 is 2.94 bits per heavy atom. The number of H-pyrrole nitrogens is 1. The zero-order valence-corrected chi connectivity index (χ0v) is 11.0. The lowest BCUT2D eigenvalue weighted by Gasteiger charge is -2.21. The van der Waals surface area contributed by atoms with Crippen molar-refractivity contribution in [2.24, 2.45) is 5.10 Å². The molecule has 2 N–H and O–H groups in total. The molecular formula is C10H9ClN6S. The highest BCUT2D eigenvalue weighted by Crippen LogP contribution is 2.00. The number of hydrazine groups is 1. The molecule has 0 atom stereocenters. The third kappa shape index (κ3) is 1.87. The molecular weight excluding hydrogens is 272 g/mol. The molecule has 8 heteroatoms. The number of halogens is 1. The van der Waals surface area contributed by atoms with Crippen LogP contribution in [0.25, 0.3) is 6.20 Å². The van der Waals surface area contributed by atoms with Crippen LogP contribution in [0.2, 0.25) is 5.02 Å². The lowest BCUT2D eigenvalue weighted by atomic mass is 10.3. The molecule has 1 aliphatic rings. The number of benzene rings is 1. The van der Waals surface area contributed by atoms with Gasteiger partial charge in [0, 0.05) is 10.2 Å². The summed E-state index contributed by atoms with van der Waals surface area (Å²) in [4.78, 5) is 5.70. The second kappa shape index (κ2) is 4.11. The molecule has 0 amide bonds. The molecule has 0 saturated carbocycles. The van der Waals surface area contributed by atoms with Crippen molar-refractivity contribution in [1.82, 2.24) is 20.4 Å². The summed E-state index contributed by atoms with van der Waals surface area (Å²) >= 11 is 11.0. The van der Waals surface area contributed by atoms with Gasteiger partial charge in [-0.25, -0.2) is 4.98 Å². The van der Waals surface area contributed by atoms with Crippen LogP contribution in [0.5, 0.6) is 0 Å². The van der Waals surface area contributed by atoms with Gasteiger partial charge in [0.2, 0.25) is 4.77 Å². The first-order valence-electron chi connectivity index (χ1n) is 5.19. The van der Waals surface area contributed by atoms with Gasteiger partial charge in [0.15, 0.2) is 0 Å². The monoisotopic (exact) mass is 280 g/mol. The third-order valence-corrected chi connectivity index (χ3v) is 2.95. The van der Waals surface area contributed by atoms with Crippen molar-refractivity contribution < 1.29 is 0 Å². The van der Waals surface area contributed by atoms with Gasteiger partial charge in [-0.05, 0) is 37.3 Å². The van der Waals surface area contributed by atoms with E-state index in [1.165, 1.54) is 0 Å². The van der Waals surface area contributed by atoms with Crippen LogP contribution in [0.15, 0.2) is 23.3 Å². The van der Waals surface area contributed by atoms with Crippen LogP contribution in [-0.4, -0.2) is 14.9 Å².